The number of nitrogens with zero attached hydrogens (tertiary/aromatic N) is 2. The molecule has 0 radical (unpaired) electrons. The van der Waals surface area contributed by atoms with E-state index in [4.69, 9.17) is 5.73 Å². The molecule has 1 amide bonds. The van der Waals surface area contributed by atoms with Gasteiger partial charge in [-0.3, -0.25) is 20.4 Å². The van der Waals surface area contributed by atoms with E-state index in [9.17, 15) is 4.79 Å². The van der Waals surface area contributed by atoms with Crippen LogP contribution in [0.2, 0.25) is 0 Å². The Labute approximate surface area is 69.9 Å². The Hall–Kier alpha value is -1.59. The first-order chi connectivity index (χ1) is 5.63. The molecule has 1 heterocycles. The van der Waals surface area contributed by atoms with Crippen molar-refractivity contribution in [1.29, 1.82) is 0 Å². The quantitative estimate of drug-likeness (QED) is 0.301. The summed E-state index contributed by atoms with van der Waals surface area (Å²) >= 11 is 0. The number of nitrogens with two attached hydrogens (primary N) is 1. The summed E-state index contributed by atoms with van der Waals surface area (Å²) in [6.45, 7) is 1.70. The van der Waals surface area contributed by atoms with Gasteiger partial charge in [-0.2, -0.15) is 0 Å². The molecule has 1 unspecified atom stereocenters. The molecule has 1 atom stereocenters. The van der Waals surface area contributed by atoms with E-state index < -0.39 is 0 Å². The van der Waals surface area contributed by atoms with Crippen LogP contribution in [0.3, 0.4) is 0 Å². The third-order valence-electron chi connectivity index (χ3n) is 1.43. The summed E-state index contributed by atoms with van der Waals surface area (Å²) in [7, 11) is 1.54. The average Bonchev–Trinajstić information content (AvgIpc) is 2.31. The Morgan fingerprint density at radius 1 is 1.83 bits per heavy atom. The lowest BCUT2D eigenvalue weighted by Gasteiger charge is -2.02. The van der Waals surface area contributed by atoms with E-state index in [0.717, 1.165) is 0 Å². The van der Waals surface area contributed by atoms with Crippen molar-refractivity contribution >= 4 is 17.8 Å². The molecule has 66 valence electrons. The molecule has 6 nitrogen and oxygen atoms in total. The van der Waals surface area contributed by atoms with Crippen molar-refractivity contribution < 1.29 is 4.79 Å². The van der Waals surface area contributed by atoms with Gasteiger partial charge < -0.3 is 5.73 Å². The maximum atomic E-state index is 10.9. The largest absolute Gasteiger partial charge is 0.370 e. The third-order valence-corrected chi connectivity index (χ3v) is 1.43. The molecule has 0 aromatic carbocycles. The van der Waals surface area contributed by atoms with Crippen LogP contribution in [0.4, 0.5) is 0 Å². The van der Waals surface area contributed by atoms with Crippen molar-refractivity contribution in [1.82, 2.24) is 10.6 Å². The maximum absolute atomic E-state index is 10.9. The van der Waals surface area contributed by atoms with Gasteiger partial charge in [0.15, 0.2) is 5.96 Å². The van der Waals surface area contributed by atoms with Crippen LogP contribution < -0.4 is 16.4 Å². The number of rotatable bonds is 0. The summed E-state index contributed by atoms with van der Waals surface area (Å²) in [5.74, 6) is 0.445. The topological polar surface area (TPSA) is 91.9 Å². The fourth-order valence-electron chi connectivity index (χ4n) is 0.746. The second-order valence-electron chi connectivity index (χ2n) is 2.38. The summed E-state index contributed by atoms with van der Waals surface area (Å²) in [4.78, 5) is 18.5. The summed E-state index contributed by atoms with van der Waals surface area (Å²) in [6, 6.07) is -0.350. The number of carbonyl (C=O) groups is 1. The molecule has 0 spiro atoms. The molecule has 4 N–H and O–H groups in total. The zero-order chi connectivity index (χ0) is 9.14. The van der Waals surface area contributed by atoms with E-state index >= 15 is 0 Å². The Morgan fingerprint density at radius 3 is 2.92 bits per heavy atom. The molecule has 0 saturated carbocycles. The van der Waals surface area contributed by atoms with Gasteiger partial charge in [0, 0.05) is 7.05 Å². The first-order valence-electron chi connectivity index (χ1n) is 3.51. The van der Waals surface area contributed by atoms with Gasteiger partial charge in [0.25, 0.3) is 5.91 Å². The lowest BCUT2D eigenvalue weighted by atomic mass is 10.4. The highest BCUT2D eigenvalue weighted by molar-refractivity contribution is 6.10. The average molecular weight is 169 g/mol. The van der Waals surface area contributed by atoms with Gasteiger partial charge in [0.2, 0.25) is 5.96 Å². The van der Waals surface area contributed by atoms with Gasteiger partial charge in [-0.05, 0) is 6.92 Å². The van der Waals surface area contributed by atoms with E-state index in [-0.39, 0.29) is 17.9 Å². The first kappa shape index (κ1) is 8.51. The number of nitrogens with one attached hydrogen (secondary N) is 2. The van der Waals surface area contributed by atoms with Gasteiger partial charge in [-0.1, -0.05) is 0 Å². The highest BCUT2D eigenvalue weighted by atomic mass is 16.2. The molecule has 0 aliphatic carbocycles. The van der Waals surface area contributed by atoms with E-state index in [1.165, 1.54) is 0 Å². The lowest BCUT2D eigenvalue weighted by Crippen LogP contribution is -2.43. The minimum Gasteiger partial charge on any atom is -0.370 e. The summed E-state index contributed by atoms with van der Waals surface area (Å²) in [5, 5.41) is 5.14. The molecule has 12 heavy (non-hydrogen) atoms. The standard InChI is InChI=1S/C6H11N5O/c1-3-4(12)10-6(9-3)11-5(7)8-2/h3H,1-2H3,(H4,7,8,9,10,11,12). The van der Waals surface area contributed by atoms with Gasteiger partial charge in [0.1, 0.15) is 6.04 Å². The summed E-state index contributed by atoms with van der Waals surface area (Å²) < 4.78 is 0. The Balaban J connectivity index is 2.57. The number of amides is 1. The van der Waals surface area contributed by atoms with Crippen LogP contribution >= 0.6 is 0 Å². The monoisotopic (exact) mass is 169 g/mol. The number of guanidine groups is 2. The molecular formula is C6H11N5O. The predicted octanol–water partition coefficient (Wildman–Crippen LogP) is -1.61. The molecule has 0 saturated heterocycles. The SMILES string of the molecule is CN=C(N)NC1=NC(C)C(=O)N1. The van der Waals surface area contributed by atoms with Crippen molar-refractivity contribution in [2.45, 2.75) is 13.0 Å². The van der Waals surface area contributed by atoms with Crippen LogP contribution in [0.1, 0.15) is 6.92 Å². The van der Waals surface area contributed by atoms with Crippen LogP contribution in [0.5, 0.6) is 0 Å². The predicted molar refractivity (Wildman–Crippen MR) is 45.7 cm³/mol. The fraction of sp³-hybridized carbons (Fsp3) is 0.500. The van der Waals surface area contributed by atoms with Crippen LogP contribution in [0.15, 0.2) is 9.98 Å². The van der Waals surface area contributed by atoms with Crippen LogP contribution in [-0.4, -0.2) is 30.9 Å². The summed E-state index contributed by atoms with van der Waals surface area (Å²) in [6.07, 6.45) is 0. The number of aliphatic imine (C=N–C) groups is 2. The number of hydrogen-bond acceptors (Lipinski definition) is 3. The molecular weight excluding hydrogens is 158 g/mol. The molecule has 0 aromatic rings. The van der Waals surface area contributed by atoms with Gasteiger partial charge in [-0.15, -0.1) is 0 Å². The molecule has 0 fully saturated rings. The van der Waals surface area contributed by atoms with Crippen LogP contribution in [0, 0.1) is 0 Å². The smallest absolute Gasteiger partial charge is 0.251 e. The van der Waals surface area contributed by atoms with Crippen molar-refractivity contribution in [3.8, 4) is 0 Å². The van der Waals surface area contributed by atoms with Crippen molar-refractivity contribution in [3.63, 3.8) is 0 Å². The number of hydrogen-bond donors (Lipinski definition) is 3. The van der Waals surface area contributed by atoms with Gasteiger partial charge in [-0.25, -0.2) is 4.99 Å². The van der Waals surface area contributed by atoms with E-state index in [2.05, 4.69) is 20.6 Å². The normalized spacial score (nSPS) is 23.5. The molecule has 0 bridgehead atoms. The van der Waals surface area contributed by atoms with Crippen LogP contribution in [-0.2, 0) is 4.79 Å². The van der Waals surface area contributed by atoms with Crippen molar-refractivity contribution in [3.05, 3.63) is 0 Å². The highest BCUT2D eigenvalue weighted by Crippen LogP contribution is 1.95. The first-order valence-corrected chi connectivity index (χ1v) is 3.51. The Bertz CT molecular complexity index is 257. The lowest BCUT2D eigenvalue weighted by molar-refractivity contribution is -0.119. The van der Waals surface area contributed by atoms with E-state index in [1.807, 2.05) is 0 Å². The van der Waals surface area contributed by atoms with E-state index in [0.29, 0.717) is 5.96 Å². The third kappa shape index (κ3) is 1.71. The second kappa shape index (κ2) is 3.21. The molecule has 0 aromatic heterocycles. The zero-order valence-corrected chi connectivity index (χ0v) is 6.96. The highest BCUT2D eigenvalue weighted by Gasteiger charge is 2.21. The molecule has 1 rings (SSSR count). The minimum absolute atomic E-state index is 0.138. The molecule has 1 aliphatic rings. The Kier molecular flexibility index (Phi) is 2.27. The summed E-state index contributed by atoms with van der Waals surface area (Å²) in [5.41, 5.74) is 5.35. The zero-order valence-electron chi connectivity index (χ0n) is 6.96. The van der Waals surface area contributed by atoms with E-state index in [1.54, 1.807) is 14.0 Å². The van der Waals surface area contributed by atoms with Crippen LogP contribution in [0.25, 0.3) is 0 Å². The van der Waals surface area contributed by atoms with Crippen molar-refractivity contribution in [2.24, 2.45) is 15.7 Å². The second-order valence-corrected chi connectivity index (χ2v) is 2.38. The van der Waals surface area contributed by atoms with Gasteiger partial charge in [0.05, 0.1) is 0 Å². The molecule has 6 heteroatoms. The Morgan fingerprint density at radius 2 is 2.50 bits per heavy atom. The molecule has 1 aliphatic heterocycles. The van der Waals surface area contributed by atoms with Gasteiger partial charge >= 0.3 is 0 Å². The fourth-order valence-corrected chi connectivity index (χ4v) is 0.746. The van der Waals surface area contributed by atoms with Crippen molar-refractivity contribution in [2.75, 3.05) is 7.05 Å². The number of carbonyl (C=O) groups excluding carboxylic acids is 1. The maximum Gasteiger partial charge on any atom is 0.251 e. The minimum atomic E-state index is -0.350.